The van der Waals surface area contributed by atoms with Crippen molar-refractivity contribution in [1.29, 1.82) is 0 Å². The first-order chi connectivity index (χ1) is 8.35. The minimum Gasteiger partial charge on any atom is -0.326 e. The van der Waals surface area contributed by atoms with E-state index in [0.717, 1.165) is 24.1 Å². The van der Waals surface area contributed by atoms with E-state index in [4.69, 9.17) is 5.73 Å². The van der Waals surface area contributed by atoms with E-state index in [1.165, 1.54) is 11.3 Å². The van der Waals surface area contributed by atoms with Crippen LogP contribution < -0.4 is 10.5 Å². The number of hydrogen-bond donors (Lipinski definition) is 2. The molecule has 4 nitrogen and oxygen atoms in total. The van der Waals surface area contributed by atoms with E-state index in [9.17, 15) is 8.42 Å². The molecule has 0 amide bonds. The Hall–Kier alpha value is -0.430. The number of rotatable bonds is 4. The van der Waals surface area contributed by atoms with Gasteiger partial charge in [-0.1, -0.05) is 20.3 Å². The summed E-state index contributed by atoms with van der Waals surface area (Å²) in [5.41, 5.74) is 5.55. The summed E-state index contributed by atoms with van der Waals surface area (Å²) in [6.07, 6.45) is 3.07. The minimum atomic E-state index is -3.40. The SMILES string of the molecule is CC1(C)CCCC1NS(=O)(=O)c1csc(CN)c1. The van der Waals surface area contributed by atoms with Gasteiger partial charge in [0.1, 0.15) is 0 Å². The summed E-state index contributed by atoms with van der Waals surface area (Å²) < 4.78 is 27.4. The highest BCUT2D eigenvalue weighted by atomic mass is 32.2. The lowest BCUT2D eigenvalue weighted by atomic mass is 9.88. The zero-order valence-corrected chi connectivity index (χ0v) is 12.4. The molecule has 1 saturated carbocycles. The summed E-state index contributed by atoms with van der Waals surface area (Å²) in [5.74, 6) is 0. The summed E-state index contributed by atoms with van der Waals surface area (Å²) >= 11 is 1.39. The van der Waals surface area contributed by atoms with E-state index in [-0.39, 0.29) is 11.5 Å². The normalized spacial score (nSPS) is 23.4. The number of nitrogens with one attached hydrogen (secondary N) is 1. The third kappa shape index (κ3) is 2.77. The Balaban J connectivity index is 2.17. The van der Waals surface area contributed by atoms with Crippen LogP contribution in [0.2, 0.25) is 0 Å². The predicted octanol–water partition coefficient (Wildman–Crippen LogP) is 2.06. The molecule has 2 rings (SSSR count). The van der Waals surface area contributed by atoms with Gasteiger partial charge in [-0.25, -0.2) is 13.1 Å². The number of hydrogen-bond acceptors (Lipinski definition) is 4. The Morgan fingerprint density at radius 1 is 1.56 bits per heavy atom. The highest BCUT2D eigenvalue weighted by Gasteiger charge is 2.37. The van der Waals surface area contributed by atoms with Crippen LogP contribution in [0.1, 0.15) is 38.0 Å². The lowest BCUT2D eigenvalue weighted by molar-refractivity contribution is 0.313. The third-order valence-electron chi connectivity index (χ3n) is 3.70. The molecule has 1 fully saturated rings. The van der Waals surface area contributed by atoms with Gasteiger partial charge in [-0.2, -0.15) is 0 Å². The summed E-state index contributed by atoms with van der Waals surface area (Å²) in [6, 6.07) is 1.69. The second-order valence-electron chi connectivity index (χ2n) is 5.51. The van der Waals surface area contributed by atoms with E-state index in [0.29, 0.717) is 11.4 Å². The number of nitrogens with two attached hydrogens (primary N) is 1. The Kier molecular flexibility index (Phi) is 3.82. The van der Waals surface area contributed by atoms with Gasteiger partial charge in [-0.3, -0.25) is 0 Å². The van der Waals surface area contributed by atoms with Crippen LogP contribution in [0.3, 0.4) is 0 Å². The minimum absolute atomic E-state index is 0.0312. The quantitative estimate of drug-likeness (QED) is 0.891. The molecule has 1 aliphatic rings. The molecule has 1 aromatic heterocycles. The van der Waals surface area contributed by atoms with Crippen molar-refractivity contribution in [3.8, 4) is 0 Å². The average Bonchev–Trinajstić information content (AvgIpc) is 2.86. The van der Waals surface area contributed by atoms with Crippen molar-refractivity contribution in [2.75, 3.05) is 0 Å². The van der Waals surface area contributed by atoms with Crippen LogP contribution in [0.4, 0.5) is 0 Å². The van der Waals surface area contributed by atoms with E-state index < -0.39 is 10.0 Å². The topological polar surface area (TPSA) is 72.2 Å². The van der Waals surface area contributed by atoms with Crippen LogP contribution in [-0.4, -0.2) is 14.5 Å². The van der Waals surface area contributed by atoms with Crippen LogP contribution in [0.5, 0.6) is 0 Å². The zero-order valence-electron chi connectivity index (χ0n) is 10.8. The van der Waals surface area contributed by atoms with Crippen molar-refractivity contribution in [2.24, 2.45) is 11.1 Å². The molecule has 1 unspecified atom stereocenters. The highest BCUT2D eigenvalue weighted by Crippen LogP contribution is 2.38. The molecule has 0 saturated heterocycles. The molecule has 0 spiro atoms. The zero-order chi connectivity index (χ0) is 13.4. The van der Waals surface area contributed by atoms with Crippen molar-refractivity contribution in [1.82, 2.24) is 4.72 Å². The van der Waals surface area contributed by atoms with Crippen LogP contribution in [0.15, 0.2) is 16.3 Å². The van der Waals surface area contributed by atoms with Crippen LogP contribution >= 0.6 is 11.3 Å². The number of thiophene rings is 1. The molecule has 1 aliphatic carbocycles. The summed E-state index contributed by atoms with van der Waals surface area (Å²) in [6.45, 7) is 4.62. The lowest BCUT2D eigenvalue weighted by Gasteiger charge is -2.27. The molecule has 0 bridgehead atoms. The summed E-state index contributed by atoms with van der Waals surface area (Å²) in [7, 11) is -3.40. The maximum absolute atomic E-state index is 12.3. The van der Waals surface area contributed by atoms with Crippen molar-refractivity contribution in [2.45, 2.75) is 50.6 Å². The Morgan fingerprint density at radius 3 is 2.78 bits per heavy atom. The van der Waals surface area contributed by atoms with Gasteiger partial charge >= 0.3 is 0 Å². The summed E-state index contributed by atoms with van der Waals surface area (Å²) in [5, 5.41) is 1.66. The average molecular weight is 288 g/mol. The van der Waals surface area contributed by atoms with Crippen molar-refractivity contribution in [3.05, 3.63) is 16.3 Å². The van der Waals surface area contributed by atoms with Crippen LogP contribution in [-0.2, 0) is 16.6 Å². The fourth-order valence-electron chi connectivity index (χ4n) is 2.41. The molecule has 18 heavy (non-hydrogen) atoms. The van der Waals surface area contributed by atoms with E-state index in [1.54, 1.807) is 11.4 Å². The molecule has 1 aromatic rings. The van der Waals surface area contributed by atoms with Gasteiger partial charge in [0.15, 0.2) is 0 Å². The molecule has 1 atom stereocenters. The van der Waals surface area contributed by atoms with Crippen LogP contribution in [0, 0.1) is 5.41 Å². The molecule has 0 aromatic carbocycles. The second-order valence-corrected chi connectivity index (χ2v) is 8.22. The van der Waals surface area contributed by atoms with Gasteiger partial charge in [0.2, 0.25) is 10.0 Å². The van der Waals surface area contributed by atoms with E-state index in [2.05, 4.69) is 18.6 Å². The fourth-order valence-corrected chi connectivity index (χ4v) is 5.01. The van der Waals surface area contributed by atoms with E-state index >= 15 is 0 Å². The Morgan fingerprint density at radius 2 is 2.28 bits per heavy atom. The Bertz CT molecular complexity index is 520. The molecule has 0 radical (unpaired) electrons. The molecular formula is C12H20N2O2S2. The Labute approximate surface area is 113 Å². The first kappa shape index (κ1) is 14.0. The maximum Gasteiger partial charge on any atom is 0.241 e. The maximum atomic E-state index is 12.3. The first-order valence-corrected chi connectivity index (χ1v) is 8.51. The van der Waals surface area contributed by atoms with Gasteiger partial charge in [0.05, 0.1) is 4.90 Å². The monoisotopic (exact) mass is 288 g/mol. The largest absolute Gasteiger partial charge is 0.326 e. The molecule has 6 heteroatoms. The summed E-state index contributed by atoms with van der Waals surface area (Å²) in [4.78, 5) is 1.23. The van der Waals surface area contributed by atoms with Gasteiger partial charge < -0.3 is 5.73 Å². The van der Waals surface area contributed by atoms with Gasteiger partial charge in [0.25, 0.3) is 0 Å². The standard InChI is InChI=1S/C12H20N2O2S2/c1-12(2)5-3-4-11(12)14-18(15,16)10-6-9(7-13)17-8-10/h6,8,11,14H,3-5,7,13H2,1-2H3. The van der Waals surface area contributed by atoms with Crippen molar-refractivity contribution in [3.63, 3.8) is 0 Å². The highest BCUT2D eigenvalue weighted by molar-refractivity contribution is 7.89. The molecule has 102 valence electrons. The lowest BCUT2D eigenvalue weighted by Crippen LogP contribution is -2.41. The first-order valence-electron chi connectivity index (χ1n) is 6.15. The van der Waals surface area contributed by atoms with E-state index in [1.807, 2.05) is 0 Å². The molecule has 0 aliphatic heterocycles. The van der Waals surface area contributed by atoms with Gasteiger partial charge in [-0.05, 0) is 24.3 Å². The van der Waals surface area contributed by atoms with Gasteiger partial charge in [-0.15, -0.1) is 11.3 Å². The molecule has 1 heterocycles. The van der Waals surface area contributed by atoms with Crippen LogP contribution in [0.25, 0.3) is 0 Å². The fraction of sp³-hybridized carbons (Fsp3) is 0.667. The van der Waals surface area contributed by atoms with Crippen molar-refractivity contribution < 1.29 is 8.42 Å². The van der Waals surface area contributed by atoms with Gasteiger partial charge in [0, 0.05) is 22.8 Å². The smallest absolute Gasteiger partial charge is 0.241 e. The van der Waals surface area contributed by atoms with Crippen molar-refractivity contribution >= 4 is 21.4 Å². The molecule has 3 N–H and O–H groups in total. The third-order valence-corrected chi connectivity index (χ3v) is 6.26. The molecular weight excluding hydrogens is 268 g/mol. The second kappa shape index (κ2) is 4.92. The predicted molar refractivity (Wildman–Crippen MR) is 74.0 cm³/mol. The number of sulfonamides is 1.